The molecule has 0 unspecified atom stereocenters. The highest BCUT2D eigenvalue weighted by molar-refractivity contribution is 5.81. The third-order valence-corrected chi connectivity index (χ3v) is 4.82. The molecule has 1 aliphatic heterocycles. The van der Waals surface area contributed by atoms with Crippen molar-refractivity contribution in [2.75, 3.05) is 26.2 Å². The lowest BCUT2D eigenvalue weighted by Crippen LogP contribution is -2.50. The smallest absolute Gasteiger partial charge is 0.306 e. The van der Waals surface area contributed by atoms with Gasteiger partial charge in [0, 0.05) is 38.1 Å². The summed E-state index contributed by atoms with van der Waals surface area (Å²) < 4.78 is 0. The summed E-state index contributed by atoms with van der Waals surface area (Å²) in [7, 11) is 0. The van der Waals surface area contributed by atoms with Gasteiger partial charge in [-0.3, -0.25) is 14.5 Å². The molecular weight excluding hydrogens is 244 g/mol. The molecule has 0 spiro atoms. The molecule has 106 valence electrons. The summed E-state index contributed by atoms with van der Waals surface area (Å²) in [5.41, 5.74) is 0. The van der Waals surface area contributed by atoms with Crippen molar-refractivity contribution in [3.8, 4) is 0 Å². The lowest BCUT2D eigenvalue weighted by atomic mass is 10.0. The minimum Gasteiger partial charge on any atom is -0.481 e. The number of piperazine rings is 1. The average Bonchev–Trinajstić information content (AvgIpc) is 3.14. The highest BCUT2D eigenvalue weighted by Crippen LogP contribution is 2.33. The van der Waals surface area contributed by atoms with Gasteiger partial charge in [-0.2, -0.15) is 0 Å². The Labute approximate surface area is 113 Å². The molecule has 5 nitrogen and oxygen atoms in total. The molecular formula is C14H22N2O3. The van der Waals surface area contributed by atoms with Crippen LogP contribution in [0, 0.1) is 11.8 Å². The maximum atomic E-state index is 12.4. The van der Waals surface area contributed by atoms with Crippen LogP contribution in [0.15, 0.2) is 0 Å². The predicted octanol–water partition coefficient (Wildman–Crippen LogP) is 0.794. The van der Waals surface area contributed by atoms with Crippen molar-refractivity contribution >= 4 is 11.9 Å². The molecule has 1 saturated heterocycles. The van der Waals surface area contributed by atoms with Crippen LogP contribution in [-0.2, 0) is 9.59 Å². The minimum atomic E-state index is -0.742. The van der Waals surface area contributed by atoms with Crippen molar-refractivity contribution in [1.82, 2.24) is 9.80 Å². The fraction of sp³-hybridized carbons (Fsp3) is 0.857. The number of aliphatic carboxylic acids is 1. The summed E-state index contributed by atoms with van der Waals surface area (Å²) in [5.74, 6) is -0.900. The Morgan fingerprint density at radius 2 is 1.53 bits per heavy atom. The Bertz CT molecular complexity index is 373. The van der Waals surface area contributed by atoms with Crippen LogP contribution in [-0.4, -0.2) is 59.0 Å². The van der Waals surface area contributed by atoms with E-state index in [2.05, 4.69) is 4.90 Å². The van der Waals surface area contributed by atoms with Crippen molar-refractivity contribution < 1.29 is 14.7 Å². The summed E-state index contributed by atoms with van der Waals surface area (Å²) in [6, 6.07) is 0.778. The van der Waals surface area contributed by atoms with Gasteiger partial charge in [0.15, 0.2) is 0 Å². The van der Waals surface area contributed by atoms with Crippen molar-refractivity contribution in [3.63, 3.8) is 0 Å². The predicted molar refractivity (Wildman–Crippen MR) is 69.6 cm³/mol. The van der Waals surface area contributed by atoms with Gasteiger partial charge in [0.2, 0.25) is 5.91 Å². The molecule has 2 saturated carbocycles. The molecule has 0 radical (unpaired) electrons. The van der Waals surface area contributed by atoms with E-state index in [4.69, 9.17) is 5.11 Å². The molecule has 1 heterocycles. The van der Waals surface area contributed by atoms with Crippen molar-refractivity contribution in [3.05, 3.63) is 0 Å². The zero-order valence-corrected chi connectivity index (χ0v) is 11.3. The number of nitrogens with zero attached hydrogens (tertiary/aromatic N) is 2. The quantitative estimate of drug-likeness (QED) is 0.820. The van der Waals surface area contributed by atoms with Crippen LogP contribution < -0.4 is 0 Å². The van der Waals surface area contributed by atoms with Crippen LogP contribution in [0.4, 0.5) is 0 Å². The van der Waals surface area contributed by atoms with E-state index in [1.54, 1.807) is 0 Å². The summed E-state index contributed by atoms with van der Waals surface area (Å²) in [4.78, 5) is 27.8. The van der Waals surface area contributed by atoms with Gasteiger partial charge < -0.3 is 10.0 Å². The first-order valence-electron chi connectivity index (χ1n) is 7.41. The van der Waals surface area contributed by atoms with E-state index in [1.165, 1.54) is 12.8 Å². The number of amides is 1. The maximum Gasteiger partial charge on any atom is 0.306 e. The number of rotatable bonds is 3. The van der Waals surface area contributed by atoms with Crippen molar-refractivity contribution in [2.24, 2.45) is 11.8 Å². The molecule has 3 rings (SSSR count). The lowest BCUT2D eigenvalue weighted by Gasteiger charge is -2.36. The molecule has 0 aromatic carbocycles. The van der Waals surface area contributed by atoms with Crippen LogP contribution in [0.3, 0.4) is 0 Å². The molecule has 1 N–H and O–H groups in total. The van der Waals surface area contributed by atoms with Crippen LogP contribution in [0.2, 0.25) is 0 Å². The summed E-state index contributed by atoms with van der Waals surface area (Å²) in [5, 5.41) is 8.99. The number of carbonyl (C=O) groups excluding carboxylic acids is 1. The number of carbonyl (C=O) groups is 2. The van der Waals surface area contributed by atoms with Crippen LogP contribution in [0.1, 0.15) is 32.1 Å². The maximum absolute atomic E-state index is 12.4. The SMILES string of the molecule is O=C(O)[C@H]1CC[C@@H](C(=O)N2CCN(C3CC3)CC2)C1. The Hall–Kier alpha value is -1.10. The highest BCUT2D eigenvalue weighted by atomic mass is 16.4. The van der Waals surface area contributed by atoms with E-state index in [0.717, 1.165) is 38.6 Å². The normalized spacial score (nSPS) is 32.5. The molecule has 2 atom stereocenters. The molecule has 19 heavy (non-hydrogen) atoms. The Morgan fingerprint density at radius 1 is 0.895 bits per heavy atom. The van der Waals surface area contributed by atoms with Gasteiger partial charge in [0.05, 0.1) is 5.92 Å². The molecule has 2 aliphatic carbocycles. The monoisotopic (exact) mass is 266 g/mol. The van der Waals surface area contributed by atoms with E-state index in [-0.39, 0.29) is 17.7 Å². The Morgan fingerprint density at radius 3 is 2.05 bits per heavy atom. The summed E-state index contributed by atoms with van der Waals surface area (Å²) in [6.45, 7) is 3.63. The first-order valence-corrected chi connectivity index (χ1v) is 7.41. The molecule has 3 aliphatic rings. The number of hydrogen-bond acceptors (Lipinski definition) is 3. The van der Waals surface area contributed by atoms with E-state index in [9.17, 15) is 9.59 Å². The summed E-state index contributed by atoms with van der Waals surface area (Å²) in [6.07, 6.45) is 4.58. The molecule has 1 amide bonds. The Balaban J connectivity index is 1.49. The van der Waals surface area contributed by atoms with Crippen molar-refractivity contribution in [1.29, 1.82) is 0 Å². The first-order chi connectivity index (χ1) is 9.15. The zero-order chi connectivity index (χ0) is 13.4. The number of hydrogen-bond donors (Lipinski definition) is 1. The fourth-order valence-corrected chi connectivity index (χ4v) is 3.44. The van der Waals surface area contributed by atoms with E-state index in [1.807, 2.05) is 4.90 Å². The topological polar surface area (TPSA) is 60.9 Å². The molecule has 0 bridgehead atoms. The molecule has 0 aromatic rings. The fourth-order valence-electron chi connectivity index (χ4n) is 3.44. The lowest BCUT2D eigenvalue weighted by molar-refractivity contribution is -0.142. The second-order valence-electron chi connectivity index (χ2n) is 6.14. The standard InChI is InChI=1S/C14H22N2O3/c17-13(10-1-2-11(9-10)14(18)19)16-7-5-15(6-8-16)12-3-4-12/h10-12H,1-9H2,(H,18,19)/t10-,11+/m1/s1. The second kappa shape index (κ2) is 5.12. The van der Waals surface area contributed by atoms with Gasteiger partial charge in [0.1, 0.15) is 0 Å². The van der Waals surface area contributed by atoms with E-state index < -0.39 is 5.97 Å². The minimum absolute atomic E-state index is 0.0476. The first kappa shape index (κ1) is 12.9. The van der Waals surface area contributed by atoms with Gasteiger partial charge in [-0.15, -0.1) is 0 Å². The zero-order valence-electron chi connectivity index (χ0n) is 11.3. The number of carboxylic acids is 1. The third-order valence-electron chi connectivity index (χ3n) is 4.82. The van der Waals surface area contributed by atoms with Crippen LogP contribution in [0.25, 0.3) is 0 Å². The van der Waals surface area contributed by atoms with Gasteiger partial charge in [-0.1, -0.05) is 0 Å². The third kappa shape index (κ3) is 2.76. The summed E-state index contributed by atoms with van der Waals surface area (Å²) >= 11 is 0. The van der Waals surface area contributed by atoms with E-state index >= 15 is 0 Å². The van der Waals surface area contributed by atoms with Gasteiger partial charge in [-0.05, 0) is 32.1 Å². The van der Waals surface area contributed by atoms with Gasteiger partial charge in [0.25, 0.3) is 0 Å². The molecule has 5 heteroatoms. The van der Waals surface area contributed by atoms with Crippen molar-refractivity contribution in [2.45, 2.75) is 38.1 Å². The van der Waals surface area contributed by atoms with E-state index in [0.29, 0.717) is 12.8 Å². The second-order valence-corrected chi connectivity index (χ2v) is 6.14. The van der Waals surface area contributed by atoms with Crippen LogP contribution in [0.5, 0.6) is 0 Å². The highest BCUT2D eigenvalue weighted by Gasteiger charge is 2.38. The molecule has 0 aromatic heterocycles. The van der Waals surface area contributed by atoms with Crippen LogP contribution >= 0.6 is 0 Å². The van der Waals surface area contributed by atoms with Gasteiger partial charge >= 0.3 is 5.97 Å². The molecule has 3 fully saturated rings. The Kier molecular flexibility index (Phi) is 3.48. The largest absolute Gasteiger partial charge is 0.481 e. The number of carboxylic acid groups (broad SMARTS) is 1. The average molecular weight is 266 g/mol. The van der Waals surface area contributed by atoms with Gasteiger partial charge in [-0.25, -0.2) is 0 Å².